The van der Waals surface area contributed by atoms with Crippen molar-refractivity contribution in [1.29, 1.82) is 0 Å². The molecule has 0 aliphatic heterocycles. The second kappa shape index (κ2) is 5.67. The van der Waals surface area contributed by atoms with E-state index in [4.69, 9.17) is 4.55 Å². The monoisotopic (exact) mass is 212 g/mol. The van der Waals surface area contributed by atoms with Crippen molar-refractivity contribution < 1.29 is 13.6 Å². The summed E-state index contributed by atoms with van der Waals surface area (Å²) in [6.07, 6.45) is 1.94. The first-order chi connectivity index (χ1) is 6.74. The summed E-state index contributed by atoms with van der Waals surface area (Å²) in [4.78, 5) is 10.2. The third-order valence-corrected chi connectivity index (χ3v) is 2.49. The topological polar surface area (TPSA) is 54.4 Å². The van der Waals surface area contributed by atoms with Crippen LogP contribution in [0, 0.1) is 0 Å². The van der Waals surface area contributed by atoms with Crippen LogP contribution in [0.15, 0.2) is 24.3 Å². The van der Waals surface area contributed by atoms with Crippen LogP contribution in [0.5, 0.6) is 0 Å². The van der Waals surface area contributed by atoms with Crippen molar-refractivity contribution in [2.24, 2.45) is 0 Å². The van der Waals surface area contributed by atoms with Gasteiger partial charge in [0.15, 0.2) is 11.1 Å². The first-order valence-corrected chi connectivity index (χ1v) is 5.59. The number of carbonyl (C=O) groups is 1. The maximum atomic E-state index is 10.6. The number of rotatable bonds is 5. The Morgan fingerprint density at radius 3 is 2.50 bits per heavy atom. The smallest absolute Gasteiger partial charge is 0.157 e. The maximum absolute atomic E-state index is 10.6. The number of hydrogen-bond donors (Lipinski definition) is 1. The molecular formula is C10H12O3S. The van der Waals surface area contributed by atoms with Gasteiger partial charge in [-0.1, -0.05) is 24.3 Å². The molecule has 0 aliphatic carbocycles. The van der Waals surface area contributed by atoms with Crippen molar-refractivity contribution in [1.82, 2.24) is 0 Å². The lowest BCUT2D eigenvalue weighted by molar-refractivity contribution is -0.107. The van der Waals surface area contributed by atoms with Gasteiger partial charge in [-0.05, 0) is 17.5 Å². The van der Waals surface area contributed by atoms with Crippen molar-refractivity contribution in [2.45, 2.75) is 18.6 Å². The summed E-state index contributed by atoms with van der Waals surface area (Å²) in [5.74, 6) is 0.134. The zero-order valence-electron chi connectivity index (χ0n) is 7.68. The molecule has 1 rings (SSSR count). The van der Waals surface area contributed by atoms with E-state index < -0.39 is 11.1 Å². The molecule has 0 heterocycles. The molecule has 0 amide bonds. The van der Waals surface area contributed by atoms with Gasteiger partial charge >= 0.3 is 0 Å². The quantitative estimate of drug-likeness (QED) is 0.595. The second-order valence-corrected chi connectivity index (χ2v) is 3.87. The largest absolute Gasteiger partial charge is 0.306 e. The molecule has 3 nitrogen and oxygen atoms in total. The van der Waals surface area contributed by atoms with Crippen LogP contribution < -0.4 is 0 Å². The molecule has 0 aromatic heterocycles. The summed E-state index contributed by atoms with van der Waals surface area (Å²) in [7, 11) is 0. The molecule has 0 fully saturated rings. The standard InChI is InChI=1S/C10H12O3S/c11-7-3-6-9-4-1-2-5-10(9)8-14(12)13/h1-2,4-5,7H,3,6,8H2,(H,12,13). The number of hydrogen-bond acceptors (Lipinski definition) is 2. The van der Waals surface area contributed by atoms with Gasteiger partial charge in [-0.15, -0.1) is 0 Å². The molecule has 76 valence electrons. The van der Waals surface area contributed by atoms with E-state index in [1.165, 1.54) is 0 Å². The number of aryl methyl sites for hydroxylation is 1. The summed E-state index contributed by atoms with van der Waals surface area (Å²) < 4.78 is 19.4. The average Bonchev–Trinajstić information content (AvgIpc) is 2.16. The van der Waals surface area contributed by atoms with E-state index in [0.29, 0.717) is 12.8 Å². The molecule has 0 saturated heterocycles. The molecule has 4 heteroatoms. The summed E-state index contributed by atoms with van der Waals surface area (Å²) in [5.41, 5.74) is 1.82. The summed E-state index contributed by atoms with van der Waals surface area (Å²) in [5, 5.41) is 0. The Kier molecular flexibility index (Phi) is 4.49. The molecule has 14 heavy (non-hydrogen) atoms. The van der Waals surface area contributed by atoms with Gasteiger partial charge in [0.1, 0.15) is 6.29 Å². The third-order valence-electron chi connectivity index (χ3n) is 1.93. The lowest BCUT2D eigenvalue weighted by atomic mass is 10.0. The van der Waals surface area contributed by atoms with Crippen LogP contribution in [-0.4, -0.2) is 15.0 Å². The zero-order valence-corrected chi connectivity index (χ0v) is 8.50. The predicted molar refractivity (Wildman–Crippen MR) is 55.3 cm³/mol. The minimum Gasteiger partial charge on any atom is -0.306 e. The van der Waals surface area contributed by atoms with Crippen LogP contribution in [-0.2, 0) is 28.0 Å². The Hall–Kier alpha value is -1.00. The van der Waals surface area contributed by atoms with Crippen molar-refractivity contribution in [3.8, 4) is 0 Å². The van der Waals surface area contributed by atoms with Gasteiger partial charge < -0.3 is 9.35 Å². The van der Waals surface area contributed by atoms with Crippen LogP contribution in [0.25, 0.3) is 0 Å². The molecular weight excluding hydrogens is 200 g/mol. The normalized spacial score (nSPS) is 12.4. The number of benzene rings is 1. The Balaban J connectivity index is 2.79. The van der Waals surface area contributed by atoms with Crippen molar-refractivity contribution in [3.05, 3.63) is 35.4 Å². The van der Waals surface area contributed by atoms with E-state index >= 15 is 0 Å². The van der Waals surface area contributed by atoms with Gasteiger partial charge in [0.25, 0.3) is 0 Å². The fourth-order valence-electron chi connectivity index (χ4n) is 1.29. The highest BCUT2D eigenvalue weighted by Gasteiger charge is 2.03. The van der Waals surface area contributed by atoms with Gasteiger partial charge in [-0.3, -0.25) is 0 Å². The lowest BCUT2D eigenvalue weighted by Gasteiger charge is -2.05. The van der Waals surface area contributed by atoms with E-state index in [9.17, 15) is 9.00 Å². The minimum atomic E-state index is -1.82. The van der Waals surface area contributed by atoms with Crippen LogP contribution in [0.4, 0.5) is 0 Å². The van der Waals surface area contributed by atoms with E-state index in [0.717, 1.165) is 17.4 Å². The molecule has 0 saturated carbocycles. The summed E-state index contributed by atoms with van der Waals surface area (Å²) >= 11 is -1.82. The SMILES string of the molecule is O=CCCc1ccccc1CS(=O)O. The van der Waals surface area contributed by atoms with E-state index in [1.54, 1.807) is 0 Å². The van der Waals surface area contributed by atoms with Gasteiger partial charge in [0, 0.05) is 6.42 Å². The first-order valence-electron chi connectivity index (χ1n) is 4.32. The van der Waals surface area contributed by atoms with Gasteiger partial charge in [-0.25, -0.2) is 4.21 Å². The van der Waals surface area contributed by atoms with E-state index in [2.05, 4.69) is 0 Å². The van der Waals surface area contributed by atoms with Crippen LogP contribution >= 0.6 is 0 Å². The first kappa shape index (κ1) is 11.1. The molecule has 1 aromatic carbocycles. The molecule has 0 bridgehead atoms. The van der Waals surface area contributed by atoms with Crippen LogP contribution in [0.2, 0.25) is 0 Å². The summed E-state index contributed by atoms with van der Waals surface area (Å²) in [6.45, 7) is 0. The molecule has 0 aliphatic rings. The minimum absolute atomic E-state index is 0.134. The second-order valence-electron chi connectivity index (χ2n) is 2.94. The highest BCUT2D eigenvalue weighted by molar-refractivity contribution is 7.78. The molecule has 1 unspecified atom stereocenters. The van der Waals surface area contributed by atoms with Crippen molar-refractivity contribution in [3.63, 3.8) is 0 Å². The molecule has 0 radical (unpaired) electrons. The van der Waals surface area contributed by atoms with Crippen LogP contribution in [0.3, 0.4) is 0 Å². The van der Waals surface area contributed by atoms with E-state index in [1.807, 2.05) is 24.3 Å². The predicted octanol–water partition coefficient (Wildman–Crippen LogP) is 1.54. The number of aldehydes is 1. The highest BCUT2D eigenvalue weighted by Crippen LogP contribution is 2.12. The fourth-order valence-corrected chi connectivity index (χ4v) is 1.84. The Morgan fingerprint density at radius 2 is 1.93 bits per heavy atom. The molecule has 0 spiro atoms. The lowest BCUT2D eigenvalue weighted by Crippen LogP contribution is -1.98. The van der Waals surface area contributed by atoms with Gasteiger partial charge in [0.2, 0.25) is 0 Å². The van der Waals surface area contributed by atoms with Crippen molar-refractivity contribution in [2.75, 3.05) is 0 Å². The Morgan fingerprint density at radius 1 is 1.29 bits per heavy atom. The van der Waals surface area contributed by atoms with Gasteiger partial charge in [-0.2, -0.15) is 0 Å². The average molecular weight is 212 g/mol. The zero-order chi connectivity index (χ0) is 10.4. The Labute approximate surface area is 85.4 Å². The number of carbonyl (C=O) groups excluding carboxylic acids is 1. The fraction of sp³-hybridized carbons (Fsp3) is 0.300. The molecule has 1 atom stereocenters. The van der Waals surface area contributed by atoms with Crippen LogP contribution in [0.1, 0.15) is 17.5 Å². The third kappa shape index (κ3) is 3.40. The summed E-state index contributed by atoms with van der Waals surface area (Å²) in [6, 6.07) is 7.39. The highest BCUT2D eigenvalue weighted by atomic mass is 32.2. The van der Waals surface area contributed by atoms with Crippen molar-refractivity contribution >= 4 is 17.4 Å². The molecule has 1 N–H and O–H groups in total. The molecule has 1 aromatic rings. The van der Waals surface area contributed by atoms with E-state index in [-0.39, 0.29) is 5.75 Å². The van der Waals surface area contributed by atoms with Gasteiger partial charge in [0.05, 0.1) is 5.75 Å². The Bertz CT molecular complexity index is 336. The maximum Gasteiger partial charge on any atom is 0.157 e.